The molecule has 0 N–H and O–H groups in total. The van der Waals surface area contributed by atoms with Gasteiger partial charge in [0.1, 0.15) is 4.32 Å². The number of carboxylic acids is 1. The fourth-order valence-corrected chi connectivity index (χ4v) is 3.51. The van der Waals surface area contributed by atoms with Crippen LogP contribution in [0.5, 0.6) is 0 Å². The quantitative estimate of drug-likeness (QED) is 0.584. The predicted molar refractivity (Wildman–Crippen MR) is 94.7 cm³/mol. The van der Waals surface area contributed by atoms with Crippen molar-refractivity contribution in [3.05, 3.63) is 40.3 Å². The first-order valence-electron chi connectivity index (χ1n) is 7.43. The van der Waals surface area contributed by atoms with Crippen molar-refractivity contribution in [1.82, 2.24) is 4.90 Å². The fraction of sp³-hybridized carbons (Fsp3) is 0.353. The van der Waals surface area contributed by atoms with Crippen LogP contribution in [0.15, 0.2) is 29.2 Å². The molecule has 0 saturated carbocycles. The Bertz CT molecular complexity index is 650. The minimum Gasteiger partial charge on any atom is -0.550 e. The molecule has 6 heteroatoms. The largest absolute Gasteiger partial charge is 0.550 e. The second-order valence-corrected chi connectivity index (χ2v) is 7.31. The smallest absolute Gasteiger partial charge is 0.266 e. The summed E-state index contributed by atoms with van der Waals surface area (Å²) in [5, 5.41) is 10.5. The lowest BCUT2D eigenvalue weighted by atomic mass is 10.0. The van der Waals surface area contributed by atoms with E-state index in [1.807, 2.05) is 18.2 Å². The Morgan fingerprint density at radius 1 is 1.35 bits per heavy atom. The lowest BCUT2D eigenvalue weighted by Crippen LogP contribution is -2.30. The van der Waals surface area contributed by atoms with Crippen LogP contribution < -0.4 is 5.11 Å². The Morgan fingerprint density at radius 3 is 2.57 bits per heavy atom. The zero-order valence-electron chi connectivity index (χ0n) is 13.1. The number of hydrogen-bond donors (Lipinski definition) is 0. The summed E-state index contributed by atoms with van der Waals surface area (Å²) in [4.78, 5) is 24.8. The van der Waals surface area contributed by atoms with Crippen molar-refractivity contribution in [3.8, 4) is 0 Å². The lowest BCUT2D eigenvalue weighted by Gasteiger charge is -2.14. The molecule has 0 spiro atoms. The second-order valence-electron chi connectivity index (χ2n) is 5.63. The van der Waals surface area contributed by atoms with Gasteiger partial charge >= 0.3 is 0 Å². The molecule has 0 atom stereocenters. The number of carboxylic acid groups (broad SMARTS) is 1. The van der Waals surface area contributed by atoms with E-state index in [9.17, 15) is 14.7 Å². The molecule has 1 aromatic carbocycles. The zero-order chi connectivity index (χ0) is 17.0. The summed E-state index contributed by atoms with van der Waals surface area (Å²) in [6.45, 7) is 4.57. The van der Waals surface area contributed by atoms with Crippen LogP contribution in [0.25, 0.3) is 6.08 Å². The van der Waals surface area contributed by atoms with E-state index in [1.54, 1.807) is 0 Å². The van der Waals surface area contributed by atoms with Crippen LogP contribution >= 0.6 is 24.0 Å². The highest BCUT2D eigenvalue weighted by Crippen LogP contribution is 2.32. The minimum atomic E-state index is -1.11. The second kappa shape index (κ2) is 7.75. The van der Waals surface area contributed by atoms with Crippen molar-refractivity contribution in [2.24, 2.45) is 0 Å². The van der Waals surface area contributed by atoms with E-state index in [1.165, 1.54) is 22.2 Å². The first kappa shape index (κ1) is 17.7. The van der Waals surface area contributed by atoms with Gasteiger partial charge in [0.25, 0.3) is 5.91 Å². The van der Waals surface area contributed by atoms with Crippen LogP contribution in [0.4, 0.5) is 0 Å². The molecule has 0 bridgehead atoms. The third-order valence-corrected chi connectivity index (χ3v) is 4.91. The standard InChI is InChI=1S/C17H19NO3S2/c1-11(2)13-7-5-12(6-8-13)10-14-16(21)18(17(22)23-14)9-3-4-15(19)20/h5-8,10-11H,3-4,9H2,1-2H3,(H,19,20)/p-1/b14-10+. The zero-order valence-corrected chi connectivity index (χ0v) is 14.7. The molecule has 23 heavy (non-hydrogen) atoms. The molecule has 4 nitrogen and oxygen atoms in total. The number of nitrogens with zero attached hydrogens (tertiary/aromatic N) is 1. The Morgan fingerprint density at radius 2 is 2.00 bits per heavy atom. The van der Waals surface area contributed by atoms with E-state index in [0.29, 0.717) is 28.1 Å². The molecule has 1 amide bonds. The number of rotatable bonds is 6. The third-order valence-electron chi connectivity index (χ3n) is 3.54. The maximum atomic E-state index is 12.4. The predicted octanol–water partition coefficient (Wildman–Crippen LogP) is 2.54. The van der Waals surface area contributed by atoms with Gasteiger partial charge in [-0.2, -0.15) is 0 Å². The molecule has 0 aliphatic carbocycles. The van der Waals surface area contributed by atoms with E-state index < -0.39 is 5.97 Å². The highest BCUT2D eigenvalue weighted by Gasteiger charge is 2.31. The van der Waals surface area contributed by atoms with Crippen molar-refractivity contribution >= 4 is 46.3 Å². The van der Waals surface area contributed by atoms with Crippen molar-refractivity contribution in [2.75, 3.05) is 6.54 Å². The fourth-order valence-electron chi connectivity index (χ4n) is 2.20. The van der Waals surface area contributed by atoms with Gasteiger partial charge in [0, 0.05) is 12.5 Å². The van der Waals surface area contributed by atoms with Gasteiger partial charge in [-0.25, -0.2) is 0 Å². The van der Waals surface area contributed by atoms with E-state index >= 15 is 0 Å². The van der Waals surface area contributed by atoms with Crippen molar-refractivity contribution in [3.63, 3.8) is 0 Å². The lowest BCUT2D eigenvalue weighted by molar-refractivity contribution is -0.305. The van der Waals surface area contributed by atoms with Gasteiger partial charge in [-0.3, -0.25) is 9.69 Å². The maximum absolute atomic E-state index is 12.4. The molecule has 1 fully saturated rings. The maximum Gasteiger partial charge on any atom is 0.266 e. The van der Waals surface area contributed by atoms with Crippen molar-refractivity contribution in [1.29, 1.82) is 0 Å². The molecule has 1 aromatic rings. The van der Waals surface area contributed by atoms with E-state index in [0.717, 1.165) is 5.56 Å². The molecule has 1 aliphatic heterocycles. The van der Waals surface area contributed by atoms with Gasteiger partial charge in [-0.1, -0.05) is 62.1 Å². The number of carbonyl (C=O) groups is 2. The molecule has 0 aromatic heterocycles. The minimum absolute atomic E-state index is 0.0766. The summed E-state index contributed by atoms with van der Waals surface area (Å²) in [5.74, 6) is -0.812. The molecule has 1 heterocycles. The normalized spacial score (nSPS) is 16.7. The Labute approximate surface area is 145 Å². The number of aliphatic carboxylic acids is 1. The van der Waals surface area contributed by atoms with Gasteiger partial charge < -0.3 is 9.90 Å². The number of benzene rings is 1. The first-order chi connectivity index (χ1) is 10.9. The number of hydrogen-bond acceptors (Lipinski definition) is 5. The van der Waals surface area contributed by atoms with Crippen molar-refractivity contribution < 1.29 is 14.7 Å². The van der Waals surface area contributed by atoms with Crippen LogP contribution in [0.2, 0.25) is 0 Å². The third kappa shape index (κ3) is 4.65. The number of thioether (sulfide) groups is 1. The Balaban J connectivity index is 2.07. The van der Waals surface area contributed by atoms with E-state index in [2.05, 4.69) is 26.0 Å². The summed E-state index contributed by atoms with van der Waals surface area (Å²) in [6.07, 6.45) is 2.08. The highest BCUT2D eigenvalue weighted by molar-refractivity contribution is 8.26. The monoisotopic (exact) mass is 348 g/mol. The number of thiocarbonyl (C=S) groups is 1. The molecule has 1 saturated heterocycles. The van der Waals surface area contributed by atoms with Crippen LogP contribution in [0, 0.1) is 0 Å². The summed E-state index contributed by atoms with van der Waals surface area (Å²) >= 11 is 6.46. The van der Waals surface area contributed by atoms with Crippen LogP contribution in [-0.4, -0.2) is 27.6 Å². The summed E-state index contributed by atoms with van der Waals surface area (Å²) in [5.41, 5.74) is 2.20. The van der Waals surface area contributed by atoms with E-state index in [4.69, 9.17) is 12.2 Å². The van der Waals surface area contributed by atoms with E-state index in [-0.39, 0.29) is 12.3 Å². The van der Waals surface area contributed by atoms with Crippen LogP contribution in [0.3, 0.4) is 0 Å². The number of carbonyl (C=O) groups excluding carboxylic acids is 2. The average molecular weight is 348 g/mol. The summed E-state index contributed by atoms with van der Waals surface area (Å²) in [7, 11) is 0. The Kier molecular flexibility index (Phi) is 5.96. The SMILES string of the molecule is CC(C)c1ccc(/C=C2/SC(=S)N(CCCC(=O)[O-])C2=O)cc1. The van der Waals surface area contributed by atoms with Crippen LogP contribution in [-0.2, 0) is 9.59 Å². The molecule has 0 radical (unpaired) electrons. The first-order valence-corrected chi connectivity index (χ1v) is 8.66. The van der Waals surface area contributed by atoms with Gasteiger partial charge in [0.2, 0.25) is 0 Å². The molecule has 122 valence electrons. The highest BCUT2D eigenvalue weighted by atomic mass is 32.2. The summed E-state index contributed by atoms with van der Waals surface area (Å²) < 4.78 is 0.471. The van der Waals surface area contributed by atoms with Gasteiger partial charge in [0.15, 0.2) is 0 Å². The number of amides is 1. The van der Waals surface area contributed by atoms with Gasteiger partial charge in [0.05, 0.1) is 4.91 Å². The molecular formula is C17H18NO3S2-. The topological polar surface area (TPSA) is 60.4 Å². The van der Waals surface area contributed by atoms with Gasteiger partial charge in [-0.05, 0) is 36.0 Å². The Hall–Kier alpha value is -1.66. The molecule has 2 rings (SSSR count). The summed E-state index contributed by atoms with van der Waals surface area (Å²) in [6, 6.07) is 8.07. The molecule has 0 unspecified atom stereocenters. The molecular weight excluding hydrogens is 330 g/mol. The van der Waals surface area contributed by atoms with Gasteiger partial charge in [-0.15, -0.1) is 0 Å². The average Bonchev–Trinajstić information content (AvgIpc) is 2.75. The molecule has 1 aliphatic rings. The van der Waals surface area contributed by atoms with Crippen LogP contribution in [0.1, 0.15) is 43.7 Å². The van der Waals surface area contributed by atoms with Crippen molar-refractivity contribution in [2.45, 2.75) is 32.6 Å².